The minimum atomic E-state index is -0.911. The van der Waals surface area contributed by atoms with Gasteiger partial charge in [-0.1, -0.05) is 18.1 Å². The van der Waals surface area contributed by atoms with Crippen LogP contribution in [0.4, 0.5) is 0 Å². The van der Waals surface area contributed by atoms with Crippen molar-refractivity contribution >= 4 is 27.6 Å². The summed E-state index contributed by atoms with van der Waals surface area (Å²) in [4.78, 5) is 18.3. The van der Waals surface area contributed by atoms with Crippen LogP contribution in [0.25, 0.3) is 32.8 Å². The highest BCUT2D eigenvalue weighted by Gasteiger charge is 2.33. The third-order valence-corrected chi connectivity index (χ3v) is 6.73. The molecule has 3 aromatic carbocycles. The highest BCUT2D eigenvalue weighted by molar-refractivity contribution is 6.09. The summed E-state index contributed by atoms with van der Waals surface area (Å²) in [5, 5.41) is 3.06. The van der Waals surface area contributed by atoms with Gasteiger partial charge in [0.1, 0.15) is 5.75 Å². The van der Waals surface area contributed by atoms with Crippen LogP contribution in [-0.4, -0.2) is 29.8 Å². The lowest BCUT2D eigenvalue weighted by Gasteiger charge is -2.30. The number of carbonyl (C=O) groups excluding carboxylic acids is 1. The highest BCUT2D eigenvalue weighted by atomic mass is 16.6. The van der Waals surface area contributed by atoms with Crippen LogP contribution in [0.2, 0.25) is 0 Å². The number of ether oxygens (including phenoxy) is 3. The molecule has 2 heterocycles. The molecule has 194 valence electrons. The molecule has 38 heavy (non-hydrogen) atoms. The Balaban J connectivity index is 1.90. The molecule has 0 radical (unpaired) electrons. The monoisotopic (exact) mass is 507 g/mol. The van der Waals surface area contributed by atoms with Gasteiger partial charge in [-0.15, -0.1) is 5.92 Å². The first-order chi connectivity index (χ1) is 18.2. The van der Waals surface area contributed by atoms with Crippen LogP contribution >= 0.6 is 0 Å². The Morgan fingerprint density at radius 3 is 2.71 bits per heavy atom. The Kier molecular flexibility index (Phi) is 6.86. The van der Waals surface area contributed by atoms with Crippen LogP contribution in [0.1, 0.15) is 63.0 Å². The number of pyridine rings is 1. The van der Waals surface area contributed by atoms with Crippen molar-refractivity contribution in [2.45, 2.75) is 59.7 Å². The molecule has 0 spiro atoms. The second kappa shape index (κ2) is 10.1. The predicted octanol–water partition coefficient (Wildman–Crippen LogP) is 7.09. The van der Waals surface area contributed by atoms with Gasteiger partial charge in [0, 0.05) is 34.7 Å². The second-order valence-corrected chi connectivity index (χ2v) is 10.6. The second-order valence-electron chi connectivity index (χ2n) is 10.6. The van der Waals surface area contributed by atoms with Gasteiger partial charge in [0.15, 0.2) is 6.10 Å². The van der Waals surface area contributed by atoms with Gasteiger partial charge in [0.25, 0.3) is 0 Å². The largest absolute Gasteiger partial charge is 0.493 e. The van der Waals surface area contributed by atoms with Gasteiger partial charge in [-0.05, 0) is 99.3 Å². The lowest BCUT2D eigenvalue weighted by atomic mass is 9.85. The first-order valence-electron chi connectivity index (χ1n) is 13.1. The molecule has 0 saturated heterocycles. The van der Waals surface area contributed by atoms with Gasteiger partial charge < -0.3 is 14.2 Å². The minimum Gasteiger partial charge on any atom is -0.493 e. The zero-order valence-corrected chi connectivity index (χ0v) is 22.9. The van der Waals surface area contributed by atoms with Crippen molar-refractivity contribution in [1.29, 1.82) is 0 Å². The van der Waals surface area contributed by atoms with Gasteiger partial charge in [-0.25, -0.2) is 4.79 Å². The summed E-state index contributed by atoms with van der Waals surface area (Å²) < 4.78 is 18.0. The highest BCUT2D eigenvalue weighted by Crippen LogP contribution is 2.45. The number of rotatable bonds is 5. The standard InChI is InChI=1S/C33H33NO4/c1-7-9-21-10-11-24-23(19-21)18-20(3)27(31(32(35)36-8-2)38-33(4,5)6)29(24)25-12-13-26-28-22(15-17-37-26)14-16-34-30(25)28/h10-14,16,18-19,31H,8,15,17H2,1-6H3/t31-/m0/s1. The summed E-state index contributed by atoms with van der Waals surface area (Å²) in [6, 6.07) is 14.4. The minimum absolute atomic E-state index is 0.268. The molecule has 0 unspecified atom stereocenters. The number of hydrogen-bond donors (Lipinski definition) is 0. The van der Waals surface area contributed by atoms with E-state index >= 15 is 0 Å². The Labute approximate surface area is 224 Å². The molecule has 5 rings (SSSR count). The topological polar surface area (TPSA) is 57.7 Å². The normalized spacial score (nSPS) is 13.5. The summed E-state index contributed by atoms with van der Waals surface area (Å²) in [7, 11) is 0. The summed E-state index contributed by atoms with van der Waals surface area (Å²) in [5.41, 5.74) is 6.00. The summed E-state index contributed by atoms with van der Waals surface area (Å²) in [6.45, 7) is 12.4. The summed E-state index contributed by atoms with van der Waals surface area (Å²) in [5.74, 6) is 6.59. The van der Waals surface area contributed by atoms with E-state index in [0.29, 0.717) is 6.61 Å². The molecule has 0 N–H and O–H groups in total. The fraction of sp³-hybridized carbons (Fsp3) is 0.333. The van der Waals surface area contributed by atoms with E-state index in [2.05, 4.69) is 42.2 Å². The average Bonchev–Trinajstić information content (AvgIpc) is 2.87. The van der Waals surface area contributed by atoms with E-state index in [1.54, 1.807) is 0 Å². The number of carbonyl (C=O) groups is 1. The smallest absolute Gasteiger partial charge is 0.339 e. The molecule has 1 aliphatic heterocycles. The van der Waals surface area contributed by atoms with Gasteiger partial charge in [-0.2, -0.15) is 0 Å². The van der Waals surface area contributed by atoms with Crippen molar-refractivity contribution in [1.82, 2.24) is 4.98 Å². The third-order valence-electron chi connectivity index (χ3n) is 6.73. The number of hydrogen-bond acceptors (Lipinski definition) is 5. The van der Waals surface area contributed by atoms with Crippen molar-refractivity contribution in [3.05, 3.63) is 70.9 Å². The fourth-order valence-corrected chi connectivity index (χ4v) is 5.31. The molecule has 0 amide bonds. The van der Waals surface area contributed by atoms with Gasteiger partial charge in [0.2, 0.25) is 0 Å². The van der Waals surface area contributed by atoms with Crippen LogP contribution in [-0.2, 0) is 20.7 Å². The molecule has 0 fully saturated rings. The first kappa shape index (κ1) is 25.8. The Hall–Kier alpha value is -3.88. The molecule has 0 bridgehead atoms. The number of fused-ring (bicyclic) bond motifs is 1. The van der Waals surface area contributed by atoms with Crippen LogP contribution in [0.5, 0.6) is 5.75 Å². The molecule has 1 aliphatic rings. The SMILES string of the molecule is CC#Cc1ccc2c(-c3ccc4c5c(ccnc35)CCO4)c([C@H](OC(C)(C)C)C(=O)OCC)c(C)cc2c1. The van der Waals surface area contributed by atoms with Crippen LogP contribution in [0.15, 0.2) is 48.7 Å². The van der Waals surface area contributed by atoms with Crippen molar-refractivity contribution < 1.29 is 19.0 Å². The van der Waals surface area contributed by atoms with Gasteiger partial charge >= 0.3 is 5.97 Å². The lowest BCUT2D eigenvalue weighted by Crippen LogP contribution is -2.29. The Morgan fingerprint density at radius 1 is 1.16 bits per heavy atom. The molecule has 1 atom stereocenters. The average molecular weight is 508 g/mol. The molecular weight excluding hydrogens is 474 g/mol. The Bertz CT molecular complexity index is 1610. The van der Waals surface area contributed by atoms with E-state index in [1.165, 1.54) is 5.56 Å². The summed E-state index contributed by atoms with van der Waals surface area (Å²) >= 11 is 0. The zero-order chi connectivity index (χ0) is 27.0. The number of aryl methyl sites for hydroxylation is 1. The predicted molar refractivity (Wildman–Crippen MR) is 151 cm³/mol. The van der Waals surface area contributed by atoms with E-state index in [9.17, 15) is 4.79 Å². The number of aromatic nitrogens is 1. The molecule has 0 saturated carbocycles. The molecule has 5 heteroatoms. The van der Waals surface area contributed by atoms with Crippen LogP contribution in [0, 0.1) is 18.8 Å². The quantitative estimate of drug-likeness (QED) is 0.213. The van der Waals surface area contributed by atoms with Crippen molar-refractivity contribution in [2.24, 2.45) is 0 Å². The van der Waals surface area contributed by atoms with Crippen molar-refractivity contribution in [3.63, 3.8) is 0 Å². The fourth-order valence-electron chi connectivity index (χ4n) is 5.31. The van der Waals surface area contributed by atoms with E-state index in [4.69, 9.17) is 19.2 Å². The molecule has 1 aromatic heterocycles. The van der Waals surface area contributed by atoms with Crippen molar-refractivity contribution in [3.8, 4) is 28.7 Å². The van der Waals surface area contributed by atoms with E-state index in [1.807, 2.05) is 59.9 Å². The number of esters is 1. The van der Waals surface area contributed by atoms with E-state index in [-0.39, 0.29) is 6.61 Å². The summed E-state index contributed by atoms with van der Waals surface area (Å²) in [6.07, 6.45) is 1.78. The maximum Gasteiger partial charge on any atom is 0.339 e. The number of nitrogens with zero attached hydrogens (tertiary/aromatic N) is 1. The molecular formula is C33H33NO4. The molecule has 4 aromatic rings. The first-order valence-corrected chi connectivity index (χ1v) is 13.1. The molecule has 5 nitrogen and oxygen atoms in total. The lowest BCUT2D eigenvalue weighted by molar-refractivity contribution is -0.166. The van der Waals surface area contributed by atoms with Crippen LogP contribution in [0.3, 0.4) is 0 Å². The van der Waals surface area contributed by atoms with Crippen molar-refractivity contribution in [2.75, 3.05) is 13.2 Å². The van der Waals surface area contributed by atoms with Gasteiger partial charge in [-0.3, -0.25) is 4.98 Å². The zero-order valence-electron chi connectivity index (χ0n) is 22.9. The van der Waals surface area contributed by atoms with E-state index < -0.39 is 17.7 Å². The van der Waals surface area contributed by atoms with E-state index in [0.717, 1.165) is 61.7 Å². The van der Waals surface area contributed by atoms with Crippen LogP contribution < -0.4 is 4.74 Å². The Morgan fingerprint density at radius 2 is 1.97 bits per heavy atom. The molecule has 0 aliphatic carbocycles. The number of benzene rings is 3. The maximum atomic E-state index is 13.5. The maximum absolute atomic E-state index is 13.5. The third kappa shape index (κ3) is 4.73. The van der Waals surface area contributed by atoms with Gasteiger partial charge in [0.05, 0.1) is 24.3 Å².